The van der Waals surface area contributed by atoms with E-state index >= 15 is 0 Å². The number of hydrogen-bond donors (Lipinski definition) is 0. The largest absolute Gasteiger partial charge is 0.497 e. The average molecular weight is 362 g/mol. The number of hydrogen-bond acceptors (Lipinski definition) is 5. The Morgan fingerprint density at radius 1 is 1.24 bits per heavy atom. The molecule has 0 atom stereocenters. The highest BCUT2D eigenvalue weighted by Gasteiger charge is 2.52. The average Bonchev–Trinajstić information content (AvgIpc) is 2.73. The highest BCUT2D eigenvalue weighted by molar-refractivity contribution is 8.13. The summed E-state index contributed by atoms with van der Waals surface area (Å²) >= 11 is 1.26. The maximum atomic E-state index is 11.5. The van der Waals surface area contributed by atoms with Gasteiger partial charge in [0.05, 0.1) is 18.3 Å². The van der Waals surface area contributed by atoms with Crippen LogP contribution in [-0.2, 0) is 14.1 Å². The Labute approximate surface area is 155 Å². The summed E-state index contributed by atoms with van der Waals surface area (Å²) in [6.45, 7) is 11.7. The third-order valence-electron chi connectivity index (χ3n) is 4.83. The lowest BCUT2D eigenvalue weighted by molar-refractivity contribution is -0.109. The van der Waals surface area contributed by atoms with Crippen molar-refractivity contribution < 1.29 is 18.8 Å². The molecule has 0 amide bonds. The summed E-state index contributed by atoms with van der Waals surface area (Å²) in [6, 6.07) is 5.94. The van der Waals surface area contributed by atoms with Gasteiger partial charge in [0.2, 0.25) is 0 Å². The Morgan fingerprint density at radius 2 is 1.84 bits per heavy atom. The predicted molar refractivity (Wildman–Crippen MR) is 105 cm³/mol. The van der Waals surface area contributed by atoms with E-state index in [1.165, 1.54) is 11.8 Å². The van der Waals surface area contributed by atoms with Crippen LogP contribution in [-0.4, -0.2) is 36.3 Å². The van der Waals surface area contributed by atoms with Crippen LogP contribution in [0.3, 0.4) is 0 Å². The van der Waals surface area contributed by atoms with Crippen molar-refractivity contribution in [3.8, 4) is 5.75 Å². The van der Waals surface area contributed by atoms with Crippen LogP contribution in [0, 0.1) is 6.92 Å². The molecule has 0 spiro atoms. The summed E-state index contributed by atoms with van der Waals surface area (Å²) in [4.78, 5) is 11.5. The molecule has 2 rings (SSSR count). The van der Waals surface area contributed by atoms with Crippen LogP contribution in [0.1, 0.15) is 45.7 Å². The van der Waals surface area contributed by atoms with E-state index in [1.54, 1.807) is 14.0 Å². The number of aryl methyl sites for hydroxylation is 1. The Balaban J connectivity index is 2.38. The third-order valence-corrected chi connectivity index (χ3v) is 5.71. The van der Waals surface area contributed by atoms with E-state index in [2.05, 4.69) is 6.08 Å². The van der Waals surface area contributed by atoms with Crippen LogP contribution in [0.15, 0.2) is 23.7 Å². The van der Waals surface area contributed by atoms with Crippen molar-refractivity contribution >= 4 is 30.1 Å². The van der Waals surface area contributed by atoms with Gasteiger partial charge in [0.15, 0.2) is 5.12 Å². The molecule has 1 aromatic rings. The van der Waals surface area contributed by atoms with Gasteiger partial charge in [-0.15, -0.1) is 0 Å². The van der Waals surface area contributed by atoms with Crippen LogP contribution in [0.25, 0.3) is 6.08 Å². The topological polar surface area (TPSA) is 44.8 Å². The molecule has 0 aromatic heterocycles. The zero-order valence-corrected chi connectivity index (χ0v) is 17.0. The highest BCUT2D eigenvalue weighted by Crippen LogP contribution is 2.39. The van der Waals surface area contributed by atoms with Crippen molar-refractivity contribution in [3.05, 3.63) is 34.8 Å². The number of carbonyl (C=O) groups excluding carboxylic acids is 1. The molecule has 25 heavy (non-hydrogen) atoms. The van der Waals surface area contributed by atoms with E-state index in [1.807, 2.05) is 52.8 Å². The summed E-state index contributed by atoms with van der Waals surface area (Å²) in [7, 11) is 1.18. The molecule has 1 saturated heterocycles. The van der Waals surface area contributed by atoms with Crippen molar-refractivity contribution in [1.82, 2.24) is 0 Å². The lowest BCUT2D eigenvalue weighted by Crippen LogP contribution is -2.41. The SMILES string of the molecule is COc1ccc(C)c(C=C(CSC(C)=O)B2OC(C)(C)C(C)(C)O2)c1. The van der Waals surface area contributed by atoms with Gasteiger partial charge in [0, 0.05) is 12.7 Å². The second-order valence-electron chi connectivity index (χ2n) is 7.31. The molecule has 0 saturated carbocycles. The molecule has 1 aliphatic rings. The van der Waals surface area contributed by atoms with E-state index in [-0.39, 0.29) is 5.12 Å². The molecule has 0 bridgehead atoms. The van der Waals surface area contributed by atoms with Gasteiger partial charge < -0.3 is 14.0 Å². The molecule has 0 radical (unpaired) electrons. The second-order valence-corrected chi connectivity index (χ2v) is 8.46. The van der Waals surface area contributed by atoms with Crippen LogP contribution in [0.4, 0.5) is 0 Å². The molecule has 1 fully saturated rings. The van der Waals surface area contributed by atoms with Crippen LogP contribution < -0.4 is 4.74 Å². The van der Waals surface area contributed by atoms with Crippen LogP contribution >= 0.6 is 11.8 Å². The van der Waals surface area contributed by atoms with Crippen molar-refractivity contribution in [3.63, 3.8) is 0 Å². The molecule has 1 aromatic carbocycles. The standard InChI is InChI=1S/C19H27BO4S/c1-13-8-9-17(22-7)11-15(13)10-16(12-25-14(2)21)20-23-18(3,4)19(5,6)24-20/h8-11H,12H2,1-7H3. The Bertz CT molecular complexity index is 666. The second kappa shape index (κ2) is 7.56. The Kier molecular flexibility index (Phi) is 6.07. The Morgan fingerprint density at radius 3 is 2.36 bits per heavy atom. The first-order chi connectivity index (χ1) is 11.6. The van der Waals surface area contributed by atoms with E-state index in [0.717, 1.165) is 22.3 Å². The molecule has 4 nitrogen and oxygen atoms in total. The van der Waals surface area contributed by atoms with Gasteiger partial charge >= 0.3 is 7.12 Å². The van der Waals surface area contributed by atoms with Crippen molar-refractivity contribution in [2.45, 2.75) is 52.7 Å². The van der Waals surface area contributed by atoms with Gasteiger partial charge in [-0.3, -0.25) is 4.79 Å². The van der Waals surface area contributed by atoms with Crippen LogP contribution in [0.5, 0.6) is 5.75 Å². The fraction of sp³-hybridized carbons (Fsp3) is 0.526. The quantitative estimate of drug-likeness (QED) is 0.731. The van der Waals surface area contributed by atoms with Crippen molar-refractivity contribution in [2.75, 3.05) is 12.9 Å². The minimum absolute atomic E-state index is 0.0739. The van der Waals surface area contributed by atoms with Gasteiger partial charge in [0.25, 0.3) is 0 Å². The minimum atomic E-state index is -0.470. The lowest BCUT2D eigenvalue weighted by Gasteiger charge is -2.32. The Hall–Kier alpha value is -1.24. The fourth-order valence-corrected chi connectivity index (χ4v) is 3.05. The number of benzene rings is 1. The van der Waals surface area contributed by atoms with Gasteiger partial charge in [-0.1, -0.05) is 23.9 Å². The number of thioether (sulfide) groups is 1. The summed E-state index contributed by atoms with van der Waals surface area (Å²) in [5, 5.41) is 0.0739. The number of methoxy groups -OCH3 is 1. The predicted octanol–water partition coefficient (Wildman–Crippen LogP) is 4.30. The molecule has 136 valence electrons. The van der Waals surface area contributed by atoms with Crippen LogP contribution in [0.2, 0.25) is 0 Å². The molecule has 0 N–H and O–H groups in total. The van der Waals surface area contributed by atoms with Gasteiger partial charge in [-0.2, -0.15) is 0 Å². The van der Waals surface area contributed by atoms with E-state index in [4.69, 9.17) is 14.0 Å². The minimum Gasteiger partial charge on any atom is -0.497 e. The monoisotopic (exact) mass is 362 g/mol. The van der Waals surface area contributed by atoms with E-state index in [0.29, 0.717) is 5.75 Å². The van der Waals surface area contributed by atoms with Crippen molar-refractivity contribution in [2.24, 2.45) is 0 Å². The number of carbonyl (C=O) groups is 1. The summed E-state index contributed by atoms with van der Waals surface area (Å²) in [5.74, 6) is 1.33. The van der Waals surface area contributed by atoms with Crippen molar-refractivity contribution in [1.29, 1.82) is 0 Å². The molecule has 0 unspecified atom stereocenters. The summed E-state index contributed by atoms with van der Waals surface area (Å²) in [5.41, 5.74) is 2.27. The zero-order valence-electron chi connectivity index (χ0n) is 16.1. The molecular formula is C19H27BO4S. The number of ether oxygens (including phenoxy) is 1. The first-order valence-electron chi connectivity index (χ1n) is 8.40. The smallest absolute Gasteiger partial charge is 0.491 e. The molecular weight excluding hydrogens is 335 g/mol. The summed E-state index contributed by atoms with van der Waals surface area (Å²) in [6.07, 6.45) is 2.05. The maximum Gasteiger partial charge on any atom is 0.491 e. The maximum absolute atomic E-state index is 11.5. The first kappa shape index (κ1) is 20.1. The lowest BCUT2D eigenvalue weighted by atomic mass is 9.78. The van der Waals surface area contributed by atoms with Gasteiger partial charge in [-0.05, 0) is 63.4 Å². The molecule has 6 heteroatoms. The normalized spacial score (nSPS) is 19.2. The van der Waals surface area contributed by atoms with Gasteiger partial charge in [-0.25, -0.2) is 0 Å². The molecule has 1 aliphatic heterocycles. The highest BCUT2D eigenvalue weighted by atomic mass is 32.2. The molecule has 1 heterocycles. The zero-order chi connectivity index (χ0) is 18.8. The molecule has 0 aliphatic carbocycles. The van der Waals surface area contributed by atoms with Gasteiger partial charge in [0.1, 0.15) is 5.75 Å². The van der Waals surface area contributed by atoms with E-state index in [9.17, 15) is 4.79 Å². The fourth-order valence-electron chi connectivity index (χ4n) is 2.46. The summed E-state index contributed by atoms with van der Waals surface area (Å²) < 4.78 is 17.7. The first-order valence-corrected chi connectivity index (χ1v) is 9.38. The number of rotatable bonds is 5. The van der Waals surface area contributed by atoms with E-state index < -0.39 is 18.3 Å². The third kappa shape index (κ3) is 4.69.